The van der Waals surface area contributed by atoms with E-state index in [1.54, 1.807) is 20.2 Å². The van der Waals surface area contributed by atoms with Crippen LogP contribution in [0, 0.1) is 35.5 Å². The summed E-state index contributed by atoms with van der Waals surface area (Å²) in [4.78, 5) is 67.6. The third kappa shape index (κ3) is 3.99. The molecule has 2 aromatic carbocycles. The minimum Gasteiger partial charge on any atom is -0.507 e. The van der Waals surface area contributed by atoms with E-state index < -0.39 is 64.4 Å². The first-order valence-corrected chi connectivity index (χ1v) is 12.7. The number of nitrogens with two attached hydrogens (primary N) is 1. The number of carbonyl (C=O) groups is 5. The number of aliphatic hydroxyl groups is 1. The molecule has 4 N–H and O–H groups in total. The molecule has 2 fully saturated rings. The number of phenols is 1. The average Bonchev–Trinajstić information content (AvgIpc) is 2.87. The highest BCUT2D eigenvalue weighted by Gasteiger charge is 2.69. The van der Waals surface area contributed by atoms with Crippen molar-refractivity contribution < 1.29 is 34.2 Å². The fourth-order valence-electron chi connectivity index (χ4n) is 6.56. The molecule has 39 heavy (non-hydrogen) atoms. The number of rotatable bonds is 3. The van der Waals surface area contributed by atoms with Gasteiger partial charge in [-0.25, -0.2) is 0 Å². The third-order valence-electron chi connectivity index (χ3n) is 8.30. The minimum absolute atomic E-state index is 0.00354. The standard InChI is InChI=1S/C30H28N2O7/c1-32(2)24-19-14-17-13-18-16(10-6-9-15-7-4-3-5-8-15)11-12-20(33)22(18)25(34)21(17)27(36)30(19,39)28(37)23(26(24)35)29(31)38/h3-5,7-8,11-12,17,19,21,23-24,33,39H,9,13-14H2,1-2H3,(H2,31,38)/t17-,19-,21?,23?,24-,30-/m0/s1. The van der Waals surface area contributed by atoms with Gasteiger partial charge in [-0.2, -0.15) is 0 Å². The van der Waals surface area contributed by atoms with Crippen LogP contribution in [0.15, 0.2) is 42.5 Å². The number of likely N-dealkylation sites (N-methyl/N-ethyl adjacent to an activating group) is 1. The second kappa shape index (κ2) is 9.56. The Hall–Kier alpha value is -4.13. The quantitative estimate of drug-likeness (QED) is 0.383. The van der Waals surface area contributed by atoms with E-state index in [0.717, 1.165) is 5.56 Å². The number of carbonyl (C=O) groups excluding carboxylic acids is 5. The summed E-state index contributed by atoms with van der Waals surface area (Å²) >= 11 is 0. The fourth-order valence-corrected chi connectivity index (χ4v) is 6.56. The van der Waals surface area contributed by atoms with Crippen LogP contribution in [0.4, 0.5) is 0 Å². The zero-order valence-electron chi connectivity index (χ0n) is 21.5. The van der Waals surface area contributed by atoms with Gasteiger partial charge in [0.05, 0.1) is 17.5 Å². The summed E-state index contributed by atoms with van der Waals surface area (Å²) in [6, 6.07) is 11.4. The highest BCUT2D eigenvalue weighted by atomic mass is 16.3. The molecule has 6 atom stereocenters. The molecule has 0 aromatic heterocycles. The second-order valence-corrected chi connectivity index (χ2v) is 10.7. The lowest BCUT2D eigenvalue weighted by Gasteiger charge is -2.52. The van der Waals surface area contributed by atoms with Crippen LogP contribution in [-0.4, -0.2) is 69.9 Å². The Kier molecular flexibility index (Phi) is 6.49. The molecule has 0 spiro atoms. The second-order valence-electron chi connectivity index (χ2n) is 10.7. The van der Waals surface area contributed by atoms with E-state index in [1.807, 2.05) is 30.3 Å². The molecule has 0 aliphatic heterocycles. The number of primary amides is 1. The Morgan fingerprint density at radius 3 is 2.41 bits per heavy atom. The van der Waals surface area contributed by atoms with E-state index in [4.69, 9.17) is 5.73 Å². The molecule has 200 valence electrons. The topological polar surface area (TPSA) is 155 Å². The predicted molar refractivity (Wildman–Crippen MR) is 138 cm³/mol. The summed E-state index contributed by atoms with van der Waals surface area (Å²) in [5.74, 6) is -4.47. The van der Waals surface area contributed by atoms with Crippen molar-refractivity contribution in [2.75, 3.05) is 14.1 Å². The van der Waals surface area contributed by atoms with E-state index in [0.29, 0.717) is 17.5 Å². The summed E-state index contributed by atoms with van der Waals surface area (Å²) in [6.45, 7) is 0. The first kappa shape index (κ1) is 26.5. The lowest BCUT2D eigenvalue weighted by molar-refractivity contribution is -0.181. The maximum absolute atomic E-state index is 13.8. The van der Waals surface area contributed by atoms with E-state index in [2.05, 4.69) is 11.8 Å². The summed E-state index contributed by atoms with van der Waals surface area (Å²) in [5.41, 5.74) is 4.58. The molecule has 1 amide bonds. The van der Waals surface area contributed by atoms with Crippen molar-refractivity contribution in [2.45, 2.75) is 30.9 Å². The van der Waals surface area contributed by atoms with Gasteiger partial charge in [0, 0.05) is 17.9 Å². The van der Waals surface area contributed by atoms with Gasteiger partial charge in [0.25, 0.3) is 0 Å². The first-order valence-electron chi connectivity index (χ1n) is 12.7. The summed E-state index contributed by atoms with van der Waals surface area (Å²) < 4.78 is 0. The molecule has 0 saturated heterocycles. The minimum atomic E-state index is -2.74. The van der Waals surface area contributed by atoms with Gasteiger partial charge in [-0.15, -0.1) is 0 Å². The van der Waals surface area contributed by atoms with Crippen LogP contribution in [0.2, 0.25) is 0 Å². The van der Waals surface area contributed by atoms with Gasteiger partial charge in [-0.3, -0.25) is 28.9 Å². The van der Waals surface area contributed by atoms with Crippen LogP contribution in [-0.2, 0) is 32.0 Å². The zero-order chi connectivity index (χ0) is 28.2. The molecule has 5 rings (SSSR count). The highest BCUT2D eigenvalue weighted by Crippen LogP contribution is 2.50. The van der Waals surface area contributed by atoms with E-state index >= 15 is 0 Å². The number of Topliss-reactive ketones (excluding diaryl/α,β-unsaturated/α-hetero) is 4. The molecular weight excluding hydrogens is 500 g/mol. The van der Waals surface area contributed by atoms with Crippen LogP contribution in [0.3, 0.4) is 0 Å². The monoisotopic (exact) mass is 528 g/mol. The molecule has 2 aromatic rings. The Morgan fingerprint density at radius 1 is 1.08 bits per heavy atom. The number of hydrogen-bond donors (Lipinski definition) is 3. The van der Waals surface area contributed by atoms with Crippen molar-refractivity contribution in [1.29, 1.82) is 0 Å². The van der Waals surface area contributed by atoms with Crippen LogP contribution in [0.1, 0.15) is 33.5 Å². The van der Waals surface area contributed by atoms with Crippen molar-refractivity contribution in [2.24, 2.45) is 29.4 Å². The Morgan fingerprint density at radius 2 is 1.77 bits per heavy atom. The largest absolute Gasteiger partial charge is 0.507 e. The number of aromatic hydroxyl groups is 1. The van der Waals surface area contributed by atoms with Gasteiger partial charge in [-0.05, 0) is 56.1 Å². The number of fused-ring (bicyclic) bond motifs is 3. The maximum Gasteiger partial charge on any atom is 0.235 e. The number of nitrogens with zero attached hydrogens (tertiary/aromatic N) is 1. The molecule has 0 bridgehead atoms. The van der Waals surface area contributed by atoms with Gasteiger partial charge in [-0.1, -0.05) is 42.2 Å². The number of amides is 1. The van der Waals surface area contributed by atoms with Crippen LogP contribution >= 0.6 is 0 Å². The number of hydrogen-bond acceptors (Lipinski definition) is 8. The van der Waals surface area contributed by atoms with Gasteiger partial charge >= 0.3 is 0 Å². The number of benzene rings is 2. The Bertz CT molecular complexity index is 1490. The van der Waals surface area contributed by atoms with E-state index in [-0.39, 0.29) is 24.2 Å². The molecule has 2 saturated carbocycles. The van der Waals surface area contributed by atoms with Crippen molar-refractivity contribution in [3.63, 3.8) is 0 Å². The molecule has 9 nitrogen and oxygen atoms in total. The third-order valence-corrected chi connectivity index (χ3v) is 8.30. The number of ketones is 4. The normalized spacial score (nSPS) is 29.7. The molecule has 0 heterocycles. The van der Waals surface area contributed by atoms with Gasteiger partial charge in [0.1, 0.15) is 5.75 Å². The van der Waals surface area contributed by atoms with Crippen LogP contribution in [0.5, 0.6) is 5.75 Å². The summed E-state index contributed by atoms with van der Waals surface area (Å²) in [6.07, 6.45) is 0.645. The number of phenolic OH excluding ortho intramolecular Hbond substituents is 1. The average molecular weight is 529 g/mol. The van der Waals surface area contributed by atoms with Gasteiger partial charge in [0.2, 0.25) is 5.91 Å². The Labute approximate surface area is 225 Å². The van der Waals surface area contributed by atoms with Crippen molar-refractivity contribution in [3.05, 3.63) is 64.7 Å². The summed E-state index contributed by atoms with van der Waals surface area (Å²) in [7, 11) is 3.10. The van der Waals surface area contributed by atoms with E-state index in [1.165, 1.54) is 11.0 Å². The molecular formula is C30H28N2O7. The summed E-state index contributed by atoms with van der Waals surface area (Å²) in [5, 5.41) is 22.2. The molecule has 0 radical (unpaired) electrons. The lowest BCUT2D eigenvalue weighted by Crippen LogP contribution is -2.74. The maximum atomic E-state index is 13.8. The smallest absolute Gasteiger partial charge is 0.235 e. The molecule has 3 aliphatic rings. The molecule has 9 heteroatoms. The van der Waals surface area contributed by atoms with Crippen molar-refractivity contribution in [3.8, 4) is 17.6 Å². The zero-order valence-corrected chi connectivity index (χ0v) is 21.5. The fraction of sp³-hybridized carbons (Fsp3) is 0.367. The Balaban J connectivity index is 1.57. The van der Waals surface area contributed by atoms with Crippen molar-refractivity contribution >= 4 is 29.0 Å². The first-order chi connectivity index (χ1) is 18.5. The lowest BCUT2D eigenvalue weighted by atomic mass is 9.52. The van der Waals surface area contributed by atoms with Gasteiger partial charge in [0.15, 0.2) is 34.7 Å². The SMILES string of the molecule is CN(C)[C@@H]1C(=O)C(C(N)=O)C(=O)[C@@]2(O)C(=O)C3C(=O)c4c(O)ccc(C#CCc5ccccc5)c4C[C@H]3C[C@@H]12. The molecule has 2 unspecified atom stereocenters. The van der Waals surface area contributed by atoms with Crippen molar-refractivity contribution in [1.82, 2.24) is 4.90 Å². The molecule has 3 aliphatic carbocycles. The van der Waals surface area contributed by atoms with Crippen LogP contribution in [0.25, 0.3) is 0 Å². The van der Waals surface area contributed by atoms with E-state index in [9.17, 15) is 34.2 Å². The predicted octanol–water partition coefficient (Wildman–Crippen LogP) is 0.461. The highest BCUT2D eigenvalue weighted by molar-refractivity contribution is 6.32. The van der Waals surface area contributed by atoms with Crippen LogP contribution < -0.4 is 5.73 Å². The van der Waals surface area contributed by atoms with Gasteiger partial charge < -0.3 is 15.9 Å².